The van der Waals surface area contributed by atoms with E-state index in [0.29, 0.717) is 36.4 Å². The van der Waals surface area contributed by atoms with Gasteiger partial charge in [-0.3, -0.25) is 4.79 Å². The van der Waals surface area contributed by atoms with Gasteiger partial charge in [-0.1, -0.05) is 12.1 Å². The quantitative estimate of drug-likeness (QED) is 0.539. The zero-order valence-electron chi connectivity index (χ0n) is 14.1. The summed E-state index contributed by atoms with van der Waals surface area (Å²) < 4.78 is 10.6. The lowest BCUT2D eigenvalue weighted by molar-refractivity contribution is -0.897. The van der Waals surface area contributed by atoms with E-state index in [2.05, 4.69) is 9.97 Å². The van der Waals surface area contributed by atoms with Gasteiger partial charge in [-0.2, -0.15) is 0 Å². The van der Waals surface area contributed by atoms with Gasteiger partial charge in [-0.05, 0) is 24.3 Å². The molecule has 3 aromatic rings. The van der Waals surface area contributed by atoms with Crippen LogP contribution < -0.4 is 10.5 Å². The van der Waals surface area contributed by atoms with Crippen molar-refractivity contribution >= 4 is 10.9 Å². The van der Waals surface area contributed by atoms with Crippen molar-refractivity contribution < 1.29 is 19.2 Å². The van der Waals surface area contributed by atoms with Gasteiger partial charge in [0, 0.05) is 0 Å². The Morgan fingerprint density at radius 2 is 2.16 bits per heavy atom. The lowest BCUT2D eigenvalue weighted by atomic mass is 10.2. The maximum atomic E-state index is 12.1. The standard InChI is InChI=1S/C18H21N3O4/c1-21(9-13(22)11-24-12-14-5-4-8-25-14)10-17-19-16-7-3-2-6-15(16)18(23)20-17/h2-8,13,22H,9-12H2,1H3,(H,19,20,23)/p+1/t13-/m0/s1. The number of aromatic amines is 1. The Kier molecular flexibility index (Phi) is 5.60. The van der Waals surface area contributed by atoms with Gasteiger partial charge >= 0.3 is 0 Å². The molecule has 0 saturated heterocycles. The van der Waals surface area contributed by atoms with E-state index in [1.54, 1.807) is 18.4 Å². The first-order valence-corrected chi connectivity index (χ1v) is 8.19. The van der Waals surface area contributed by atoms with Crippen LogP contribution in [0, 0.1) is 0 Å². The Morgan fingerprint density at radius 3 is 2.96 bits per heavy atom. The van der Waals surface area contributed by atoms with Crippen LogP contribution in [0.5, 0.6) is 0 Å². The number of nitrogens with one attached hydrogen (secondary N) is 2. The Labute approximate surface area is 144 Å². The Bertz CT molecular complexity index is 860. The SMILES string of the molecule is C[NH+](Cc1nc2ccccc2c(=O)[nH]1)C[C@H](O)COCc1ccco1. The second-order valence-corrected chi connectivity index (χ2v) is 6.12. The van der Waals surface area contributed by atoms with E-state index in [9.17, 15) is 9.90 Å². The number of ether oxygens (including phenoxy) is 1. The normalized spacial score (nSPS) is 13.8. The van der Waals surface area contributed by atoms with Crippen LogP contribution in [0.2, 0.25) is 0 Å². The van der Waals surface area contributed by atoms with Crippen molar-refractivity contribution in [1.82, 2.24) is 9.97 Å². The van der Waals surface area contributed by atoms with Crippen LogP contribution in [0.4, 0.5) is 0 Å². The molecule has 2 heterocycles. The Balaban J connectivity index is 1.51. The monoisotopic (exact) mass is 344 g/mol. The number of nitrogens with zero attached hydrogens (tertiary/aromatic N) is 1. The number of aliphatic hydroxyl groups is 1. The summed E-state index contributed by atoms with van der Waals surface area (Å²) in [5.74, 6) is 1.33. The molecule has 0 aliphatic heterocycles. The van der Waals surface area contributed by atoms with E-state index >= 15 is 0 Å². The molecule has 132 valence electrons. The first-order chi connectivity index (χ1) is 12.1. The summed E-state index contributed by atoms with van der Waals surface area (Å²) in [6, 6.07) is 10.9. The van der Waals surface area contributed by atoms with Gasteiger partial charge in [0.2, 0.25) is 0 Å². The number of H-pyrrole nitrogens is 1. The summed E-state index contributed by atoms with van der Waals surface area (Å²) in [6.45, 7) is 1.55. The summed E-state index contributed by atoms with van der Waals surface area (Å²) in [7, 11) is 1.94. The van der Waals surface area contributed by atoms with E-state index in [4.69, 9.17) is 9.15 Å². The van der Waals surface area contributed by atoms with Crippen LogP contribution in [-0.4, -0.2) is 41.4 Å². The molecular weight excluding hydrogens is 322 g/mol. The number of aliphatic hydroxyl groups excluding tert-OH is 1. The van der Waals surface area contributed by atoms with E-state index < -0.39 is 6.10 Å². The molecule has 2 aromatic heterocycles. The minimum absolute atomic E-state index is 0.143. The molecular formula is C18H22N3O4+. The fourth-order valence-corrected chi connectivity index (χ4v) is 2.73. The molecule has 0 bridgehead atoms. The number of furan rings is 1. The van der Waals surface area contributed by atoms with E-state index in [1.807, 2.05) is 31.3 Å². The highest BCUT2D eigenvalue weighted by molar-refractivity contribution is 5.77. The number of hydrogen-bond donors (Lipinski definition) is 3. The highest BCUT2D eigenvalue weighted by Gasteiger charge is 2.14. The fraction of sp³-hybridized carbons (Fsp3) is 0.333. The van der Waals surface area contributed by atoms with Crippen LogP contribution in [0.25, 0.3) is 10.9 Å². The molecule has 3 N–H and O–H groups in total. The minimum atomic E-state index is -0.609. The molecule has 7 heteroatoms. The average Bonchev–Trinajstić information content (AvgIpc) is 3.08. The highest BCUT2D eigenvalue weighted by atomic mass is 16.5. The molecule has 0 radical (unpaired) electrons. The maximum Gasteiger partial charge on any atom is 0.258 e. The van der Waals surface area contributed by atoms with Crippen LogP contribution >= 0.6 is 0 Å². The van der Waals surface area contributed by atoms with Crippen molar-refractivity contribution in [3.63, 3.8) is 0 Å². The fourth-order valence-electron chi connectivity index (χ4n) is 2.73. The smallest absolute Gasteiger partial charge is 0.258 e. The molecule has 7 nitrogen and oxygen atoms in total. The number of hydrogen-bond acceptors (Lipinski definition) is 5. The second-order valence-electron chi connectivity index (χ2n) is 6.12. The molecule has 0 amide bonds. The predicted molar refractivity (Wildman–Crippen MR) is 92.2 cm³/mol. The number of para-hydroxylation sites is 1. The topological polar surface area (TPSA) is 92.8 Å². The van der Waals surface area contributed by atoms with Gasteiger partial charge in [0.25, 0.3) is 5.56 Å². The molecule has 3 rings (SSSR count). The van der Waals surface area contributed by atoms with Crippen molar-refractivity contribution in [2.45, 2.75) is 19.3 Å². The Morgan fingerprint density at radius 1 is 1.32 bits per heavy atom. The summed E-state index contributed by atoms with van der Waals surface area (Å²) in [6.07, 6.45) is 0.979. The molecule has 25 heavy (non-hydrogen) atoms. The summed E-state index contributed by atoms with van der Waals surface area (Å²) in [5.41, 5.74) is 0.534. The maximum absolute atomic E-state index is 12.1. The van der Waals surface area contributed by atoms with Gasteiger partial charge in [-0.15, -0.1) is 0 Å². The average molecular weight is 344 g/mol. The van der Waals surface area contributed by atoms with Crippen LogP contribution in [0.15, 0.2) is 51.9 Å². The van der Waals surface area contributed by atoms with Crippen LogP contribution in [-0.2, 0) is 17.9 Å². The number of aromatic nitrogens is 2. The van der Waals surface area contributed by atoms with Gasteiger partial charge in [0.05, 0.1) is 30.8 Å². The number of benzene rings is 1. The zero-order valence-corrected chi connectivity index (χ0v) is 14.1. The number of likely N-dealkylation sites (N-methyl/N-ethyl adjacent to an activating group) is 1. The van der Waals surface area contributed by atoms with Crippen LogP contribution in [0.1, 0.15) is 11.6 Å². The zero-order chi connectivity index (χ0) is 17.6. The second kappa shape index (κ2) is 8.06. The molecule has 1 aromatic carbocycles. The first-order valence-electron chi connectivity index (χ1n) is 8.19. The lowest BCUT2D eigenvalue weighted by Crippen LogP contribution is -3.09. The van der Waals surface area contributed by atoms with Crippen molar-refractivity contribution in [3.8, 4) is 0 Å². The molecule has 2 atom stereocenters. The van der Waals surface area contributed by atoms with Gasteiger partial charge in [0.15, 0.2) is 5.82 Å². The molecule has 0 saturated carbocycles. The third-order valence-corrected chi connectivity index (χ3v) is 3.85. The first kappa shape index (κ1) is 17.3. The minimum Gasteiger partial charge on any atom is -0.467 e. The van der Waals surface area contributed by atoms with E-state index in [-0.39, 0.29) is 12.2 Å². The molecule has 0 spiro atoms. The number of quaternary nitrogens is 1. The van der Waals surface area contributed by atoms with E-state index in [1.165, 1.54) is 0 Å². The number of rotatable bonds is 8. The van der Waals surface area contributed by atoms with Crippen LogP contribution in [0.3, 0.4) is 0 Å². The van der Waals surface area contributed by atoms with E-state index in [0.717, 1.165) is 10.7 Å². The molecule has 0 aliphatic rings. The largest absolute Gasteiger partial charge is 0.467 e. The van der Waals surface area contributed by atoms with Crippen molar-refractivity contribution in [2.75, 3.05) is 20.2 Å². The van der Waals surface area contributed by atoms with Gasteiger partial charge < -0.3 is 24.1 Å². The van der Waals surface area contributed by atoms with Gasteiger partial charge in [-0.25, -0.2) is 4.98 Å². The predicted octanol–water partition coefficient (Wildman–Crippen LogP) is 0.109. The van der Waals surface area contributed by atoms with Crippen molar-refractivity contribution in [3.05, 3.63) is 64.6 Å². The Hall–Kier alpha value is -2.48. The summed E-state index contributed by atoms with van der Waals surface area (Å²) in [5, 5.41) is 10.7. The summed E-state index contributed by atoms with van der Waals surface area (Å²) in [4.78, 5) is 20.4. The number of fused-ring (bicyclic) bond motifs is 1. The third-order valence-electron chi connectivity index (χ3n) is 3.85. The molecule has 0 aliphatic carbocycles. The third kappa shape index (κ3) is 4.76. The molecule has 0 fully saturated rings. The van der Waals surface area contributed by atoms with Crippen molar-refractivity contribution in [2.24, 2.45) is 0 Å². The van der Waals surface area contributed by atoms with Crippen molar-refractivity contribution in [1.29, 1.82) is 0 Å². The summed E-state index contributed by atoms with van der Waals surface area (Å²) >= 11 is 0. The molecule has 1 unspecified atom stereocenters. The highest BCUT2D eigenvalue weighted by Crippen LogP contribution is 2.05. The lowest BCUT2D eigenvalue weighted by Gasteiger charge is -2.17. The van der Waals surface area contributed by atoms with Gasteiger partial charge in [0.1, 0.15) is 31.6 Å².